The van der Waals surface area contributed by atoms with Gasteiger partial charge in [-0.05, 0) is 80.4 Å². The normalized spacial score (nSPS) is 14.0. The molecule has 1 aromatic heterocycles. The van der Waals surface area contributed by atoms with Gasteiger partial charge in [0.2, 0.25) is 0 Å². The number of likely N-dealkylation sites (tertiary alicyclic amines) is 1. The lowest BCUT2D eigenvalue weighted by molar-refractivity contribution is -0.138. The molecule has 4 N–H and O–H groups in total. The Bertz CT molecular complexity index is 1430. The number of hydrogen-bond donors (Lipinski definition) is 3. The minimum Gasteiger partial charge on any atom is -0.383 e. The number of nitrogens with two attached hydrogens (primary N) is 1. The van der Waals surface area contributed by atoms with Crippen molar-refractivity contribution in [2.75, 3.05) is 38.2 Å². The molecule has 40 heavy (non-hydrogen) atoms. The van der Waals surface area contributed by atoms with Gasteiger partial charge in [-0.15, -0.1) is 0 Å². The highest BCUT2D eigenvalue weighted by Crippen LogP contribution is 2.35. The van der Waals surface area contributed by atoms with E-state index >= 15 is 0 Å². The van der Waals surface area contributed by atoms with Gasteiger partial charge in [0.15, 0.2) is 0 Å². The Hall–Kier alpha value is -3.51. The molecular formula is C31H33ClF3N5. The van der Waals surface area contributed by atoms with Crippen LogP contribution in [0.2, 0.25) is 5.02 Å². The highest BCUT2D eigenvalue weighted by Gasteiger charge is 2.33. The molecule has 3 aromatic rings. The number of pyridine rings is 1. The van der Waals surface area contributed by atoms with Crippen molar-refractivity contribution in [3.8, 4) is 11.8 Å². The monoisotopic (exact) mass is 567 g/mol. The Morgan fingerprint density at radius 3 is 2.48 bits per heavy atom. The van der Waals surface area contributed by atoms with Gasteiger partial charge >= 0.3 is 6.18 Å². The van der Waals surface area contributed by atoms with E-state index in [0.29, 0.717) is 40.7 Å². The molecule has 0 radical (unpaired) electrons. The molecular weight excluding hydrogens is 535 g/mol. The highest BCUT2D eigenvalue weighted by molar-refractivity contribution is 6.31. The van der Waals surface area contributed by atoms with E-state index in [1.165, 1.54) is 11.6 Å². The molecule has 210 valence electrons. The quantitative estimate of drug-likeness (QED) is 0.232. The molecule has 1 aliphatic rings. The van der Waals surface area contributed by atoms with Crippen LogP contribution in [0.3, 0.4) is 0 Å². The minimum atomic E-state index is -4.44. The molecule has 0 bridgehead atoms. The van der Waals surface area contributed by atoms with Gasteiger partial charge in [0, 0.05) is 43.6 Å². The van der Waals surface area contributed by atoms with Crippen molar-refractivity contribution in [3.05, 3.63) is 98.7 Å². The second-order valence-electron chi connectivity index (χ2n) is 9.96. The van der Waals surface area contributed by atoms with Crippen molar-refractivity contribution < 1.29 is 13.2 Å². The Morgan fingerprint density at radius 1 is 1.02 bits per heavy atom. The third-order valence-electron chi connectivity index (χ3n) is 6.87. The van der Waals surface area contributed by atoms with Crippen molar-refractivity contribution in [1.29, 1.82) is 0 Å². The van der Waals surface area contributed by atoms with Gasteiger partial charge in [0.05, 0.1) is 16.1 Å². The SMILES string of the molecule is CNCc1cnc(N)c(C#Cc2cc(CNc3ccc(CC=C4CCN(C)CC4)c(C(F)(F)F)c3)ccc2Cl)c1. The van der Waals surface area contributed by atoms with Gasteiger partial charge < -0.3 is 21.3 Å². The Labute approximate surface area is 238 Å². The van der Waals surface area contributed by atoms with Crippen LogP contribution >= 0.6 is 11.6 Å². The van der Waals surface area contributed by atoms with Crippen LogP contribution < -0.4 is 16.4 Å². The third kappa shape index (κ3) is 8.01. The first-order valence-corrected chi connectivity index (χ1v) is 13.5. The maximum Gasteiger partial charge on any atom is 0.416 e. The number of nitrogens with zero attached hydrogens (tertiary/aromatic N) is 2. The van der Waals surface area contributed by atoms with Crippen LogP contribution in [0.4, 0.5) is 24.7 Å². The second kappa shape index (κ2) is 13.2. The van der Waals surface area contributed by atoms with Crippen molar-refractivity contribution in [2.45, 2.75) is 38.5 Å². The zero-order valence-corrected chi connectivity index (χ0v) is 23.4. The van der Waals surface area contributed by atoms with Gasteiger partial charge in [0.1, 0.15) is 5.82 Å². The van der Waals surface area contributed by atoms with Crippen LogP contribution in [0.1, 0.15) is 46.2 Å². The van der Waals surface area contributed by atoms with E-state index in [4.69, 9.17) is 17.3 Å². The summed E-state index contributed by atoms with van der Waals surface area (Å²) in [5.74, 6) is 6.41. The first kappa shape index (κ1) is 29.5. The van der Waals surface area contributed by atoms with Crippen molar-refractivity contribution >= 4 is 23.1 Å². The lowest BCUT2D eigenvalue weighted by atomic mass is 9.98. The average Bonchev–Trinajstić information content (AvgIpc) is 2.93. The van der Waals surface area contributed by atoms with Gasteiger partial charge in [-0.25, -0.2) is 4.98 Å². The second-order valence-corrected chi connectivity index (χ2v) is 10.4. The van der Waals surface area contributed by atoms with E-state index in [2.05, 4.69) is 39.4 Å². The molecule has 1 aliphatic heterocycles. The van der Waals surface area contributed by atoms with Crippen LogP contribution in [-0.4, -0.2) is 37.1 Å². The van der Waals surface area contributed by atoms with Crippen molar-refractivity contribution in [3.63, 3.8) is 0 Å². The van der Waals surface area contributed by atoms with Crippen molar-refractivity contribution in [1.82, 2.24) is 15.2 Å². The first-order valence-electron chi connectivity index (χ1n) is 13.1. The summed E-state index contributed by atoms with van der Waals surface area (Å²) in [7, 11) is 3.90. The Balaban J connectivity index is 1.48. The molecule has 2 heterocycles. The zero-order chi connectivity index (χ0) is 28.7. The molecule has 0 atom stereocenters. The third-order valence-corrected chi connectivity index (χ3v) is 7.20. The molecule has 9 heteroatoms. The predicted octanol–water partition coefficient (Wildman–Crippen LogP) is 6.26. The molecule has 0 spiro atoms. The summed E-state index contributed by atoms with van der Waals surface area (Å²) in [4.78, 5) is 6.42. The fourth-order valence-corrected chi connectivity index (χ4v) is 4.69. The van der Waals surface area contributed by atoms with Crippen LogP contribution in [0.5, 0.6) is 0 Å². The van der Waals surface area contributed by atoms with Crippen molar-refractivity contribution in [2.24, 2.45) is 0 Å². The smallest absolute Gasteiger partial charge is 0.383 e. The molecule has 4 rings (SSSR count). The van der Waals surface area contributed by atoms with E-state index in [1.54, 1.807) is 24.4 Å². The van der Waals surface area contributed by atoms with E-state index < -0.39 is 11.7 Å². The average molecular weight is 568 g/mol. The molecule has 0 amide bonds. The lowest BCUT2D eigenvalue weighted by Crippen LogP contribution is -2.26. The molecule has 1 saturated heterocycles. The lowest BCUT2D eigenvalue weighted by Gasteiger charge is -2.24. The van der Waals surface area contributed by atoms with E-state index in [-0.39, 0.29) is 12.0 Å². The molecule has 1 fully saturated rings. The zero-order valence-electron chi connectivity index (χ0n) is 22.6. The largest absolute Gasteiger partial charge is 0.416 e. The van der Waals surface area contributed by atoms with Crippen LogP contribution in [0, 0.1) is 11.8 Å². The van der Waals surface area contributed by atoms with E-state index in [9.17, 15) is 13.2 Å². The summed E-state index contributed by atoms with van der Waals surface area (Å²) in [6, 6.07) is 11.7. The topological polar surface area (TPSA) is 66.2 Å². The molecule has 5 nitrogen and oxygen atoms in total. The van der Waals surface area contributed by atoms with Crippen LogP contribution in [0.25, 0.3) is 0 Å². The maximum absolute atomic E-state index is 13.9. The van der Waals surface area contributed by atoms with Gasteiger partial charge in [-0.2, -0.15) is 13.2 Å². The van der Waals surface area contributed by atoms with Gasteiger partial charge in [0.25, 0.3) is 0 Å². The summed E-state index contributed by atoms with van der Waals surface area (Å²) < 4.78 is 41.8. The summed E-state index contributed by atoms with van der Waals surface area (Å²) in [6.07, 6.45) is 1.28. The first-order chi connectivity index (χ1) is 19.1. The number of aromatic nitrogens is 1. The minimum absolute atomic E-state index is 0.269. The molecule has 2 aromatic carbocycles. The van der Waals surface area contributed by atoms with E-state index in [1.807, 2.05) is 31.3 Å². The number of alkyl halides is 3. The number of nitrogen functional groups attached to an aromatic ring is 1. The summed E-state index contributed by atoms with van der Waals surface area (Å²) >= 11 is 6.37. The molecule has 0 aliphatic carbocycles. The standard InChI is InChI=1S/C31H33ClF3N5/c1-37-18-23-16-26(30(36)39-20-23)7-6-25-15-22(4-10-29(25)32)19-38-27-9-8-24(28(17-27)31(33,34)35)5-3-21-11-13-40(2)14-12-21/h3-4,8-10,15-17,20,37-38H,5,11-14,18-19H2,1-2H3,(H2,36,39). The Kier molecular flexibility index (Phi) is 9.75. The number of anilines is 2. The van der Waals surface area contributed by atoms with Gasteiger partial charge in [-0.1, -0.05) is 47.2 Å². The summed E-state index contributed by atoms with van der Waals surface area (Å²) in [5.41, 5.74) is 10.2. The number of nitrogens with one attached hydrogen (secondary N) is 2. The maximum atomic E-state index is 13.9. The Morgan fingerprint density at radius 2 is 1.75 bits per heavy atom. The van der Waals surface area contributed by atoms with Crippen LogP contribution in [-0.2, 0) is 25.7 Å². The molecule has 0 saturated carbocycles. The summed E-state index contributed by atoms with van der Waals surface area (Å²) in [6.45, 7) is 2.82. The number of benzene rings is 2. The molecule has 0 unspecified atom stereocenters. The van der Waals surface area contributed by atoms with E-state index in [0.717, 1.165) is 37.1 Å². The van der Waals surface area contributed by atoms with Gasteiger partial charge in [-0.3, -0.25) is 0 Å². The number of rotatable bonds is 7. The van der Waals surface area contributed by atoms with Crippen LogP contribution in [0.15, 0.2) is 60.3 Å². The number of hydrogen-bond acceptors (Lipinski definition) is 5. The number of allylic oxidation sites excluding steroid dienone is 1. The summed E-state index contributed by atoms with van der Waals surface area (Å²) in [5, 5.41) is 6.64. The number of piperidine rings is 1. The fraction of sp³-hybridized carbons (Fsp3) is 0.323. The fourth-order valence-electron chi connectivity index (χ4n) is 4.53. The highest BCUT2D eigenvalue weighted by atomic mass is 35.5. The predicted molar refractivity (Wildman–Crippen MR) is 156 cm³/mol. The number of halogens is 4.